The van der Waals surface area contributed by atoms with E-state index in [9.17, 15) is 4.91 Å². The maximum absolute atomic E-state index is 9.68. The van der Waals surface area contributed by atoms with Gasteiger partial charge in [0.1, 0.15) is 0 Å². The van der Waals surface area contributed by atoms with Crippen molar-refractivity contribution >= 4 is 12.3 Å². The zero-order valence-electron chi connectivity index (χ0n) is 9.26. The summed E-state index contributed by atoms with van der Waals surface area (Å²) in [5.74, 6) is 0. The zero-order valence-corrected chi connectivity index (χ0v) is 9.26. The van der Waals surface area contributed by atoms with E-state index in [1.807, 2.05) is 23.7 Å². The van der Waals surface area contributed by atoms with E-state index in [0.717, 1.165) is 12.8 Å². The number of nitrogens with zero attached hydrogens (tertiary/aromatic N) is 2. The Bertz CT molecular complexity index is 386. The molecule has 4 heteroatoms. The van der Waals surface area contributed by atoms with E-state index in [1.54, 1.807) is 6.08 Å². The van der Waals surface area contributed by atoms with Crippen LogP contribution in [0.15, 0.2) is 40.7 Å². The predicted octanol–water partition coefficient (Wildman–Crippen LogP) is 2.91. The van der Waals surface area contributed by atoms with Gasteiger partial charge in [0.2, 0.25) is 0 Å². The Kier molecular flexibility index (Phi) is 5.55. The van der Waals surface area contributed by atoms with Gasteiger partial charge in [-0.05, 0) is 23.6 Å². The van der Waals surface area contributed by atoms with Crippen LogP contribution < -0.4 is 5.53 Å². The SMILES string of the molecule is CCCc1ccccc1/C=C/C=N/NN=O. The second-order valence-corrected chi connectivity index (χ2v) is 3.28. The van der Waals surface area contributed by atoms with Crippen molar-refractivity contribution in [1.82, 2.24) is 5.53 Å². The Hall–Kier alpha value is -1.97. The Morgan fingerprint density at radius 1 is 1.38 bits per heavy atom. The molecule has 0 heterocycles. The van der Waals surface area contributed by atoms with Crippen molar-refractivity contribution in [3.05, 3.63) is 46.4 Å². The van der Waals surface area contributed by atoms with Gasteiger partial charge in [0.25, 0.3) is 0 Å². The molecule has 0 radical (unpaired) electrons. The van der Waals surface area contributed by atoms with Crippen LogP contribution in [0.5, 0.6) is 0 Å². The first-order valence-corrected chi connectivity index (χ1v) is 5.23. The molecule has 0 aliphatic carbocycles. The fraction of sp³-hybridized carbons (Fsp3) is 0.250. The monoisotopic (exact) mass is 217 g/mol. The molecule has 16 heavy (non-hydrogen) atoms. The third kappa shape index (κ3) is 4.04. The minimum absolute atomic E-state index is 1.06. The van der Waals surface area contributed by atoms with Gasteiger partial charge < -0.3 is 0 Å². The molecule has 0 bridgehead atoms. The number of hydrazone groups is 1. The molecule has 0 saturated carbocycles. The first kappa shape index (κ1) is 12.1. The van der Waals surface area contributed by atoms with Crippen LogP contribution >= 0.6 is 0 Å². The molecule has 0 fully saturated rings. The average Bonchev–Trinajstić information content (AvgIpc) is 2.31. The highest BCUT2D eigenvalue weighted by atomic mass is 16.3. The lowest BCUT2D eigenvalue weighted by atomic mass is 10.0. The summed E-state index contributed by atoms with van der Waals surface area (Å²) in [7, 11) is 0. The molecule has 0 unspecified atom stereocenters. The van der Waals surface area contributed by atoms with Crippen molar-refractivity contribution in [2.24, 2.45) is 10.4 Å². The number of hydrogen-bond donors (Lipinski definition) is 1. The van der Waals surface area contributed by atoms with Gasteiger partial charge in [-0.15, -0.1) is 4.91 Å². The lowest BCUT2D eigenvalue weighted by Gasteiger charge is -2.02. The third-order valence-corrected chi connectivity index (χ3v) is 2.11. The first-order valence-electron chi connectivity index (χ1n) is 5.23. The molecule has 0 aliphatic rings. The smallest absolute Gasteiger partial charge is 0.0722 e. The number of rotatable bonds is 6. The van der Waals surface area contributed by atoms with Crippen molar-refractivity contribution in [2.45, 2.75) is 19.8 Å². The normalized spacial score (nSPS) is 11.1. The van der Waals surface area contributed by atoms with Gasteiger partial charge in [-0.1, -0.05) is 43.7 Å². The van der Waals surface area contributed by atoms with Crippen molar-refractivity contribution < 1.29 is 0 Å². The van der Waals surface area contributed by atoms with Gasteiger partial charge in [0, 0.05) is 6.21 Å². The van der Waals surface area contributed by atoms with Gasteiger partial charge in [-0.25, -0.2) is 0 Å². The molecule has 0 atom stereocenters. The number of nitrogens with one attached hydrogen (secondary N) is 1. The van der Waals surface area contributed by atoms with Crippen molar-refractivity contribution in [3.63, 3.8) is 0 Å². The molecule has 0 spiro atoms. The second-order valence-electron chi connectivity index (χ2n) is 3.28. The maximum Gasteiger partial charge on any atom is 0.0722 e. The van der Waals surface area contributed by atoms with Crippen LogP contribution in [0, 0.1) is 4.91 Å². The van der Waals surface area contributed by atoms with Crippen molar-refractivity contribution in [3.8, 4) is 0 Å². The molecule has 84 valence electrons. The fourth-order valence-corrected chi connectivity index (χ4v) is 1.44. The minimum atomic E-state index is 1.06. The summed E-state index contributed by atoms with van der Waals surface area (Å²) < 4.78 is 0. The Labute approximate surface area is 95.0 Å². The van der Waals surface area contributed by atoms with Crippen LogP contribution in [0.25, 0.3) is 6.08 Å². The third-order valence-electron chi connectivity index (χ3n) is 2.11. The molecule has 0 amide bonds. The summed E-state index contributed by atoms with van der Waals surface area (Å²) in [6.45, 7) is 2.15. The molecule has 1 aromatic rings. The minimum Gasteiger partial charge on any atom is -0.164 e. The van der Waals surface area contributed by atoms with E-state index in [-0.39, 0.29) is 0 Å². The first-order chi connectivity index (χ1) is 7.88. The van der Waals surface area contributed by atoms with E-state index in [4.69, 9.17) is 0 Å². The largest absolute Gasteiger partial charge is 0.164 e. The summed E-state index contributed by atoms with van der Waals surface area (Å²) in [4.78, 5) is 9.68. The lowest BCUT2D eigenvalue weighted by Crippen LogP contribution is -1.90. The summed E-state index contributed by atoms with van der Waals surface area (Å²) in [5, 5.41) is 5.94. The summed E-state index contributed by atoms with van der Waals surface area (Å²) in [6, 6.07) is 8.21. The van der Waals surface area contributed by atoms with Gasteiger partial charge in [0.05, 0.1) is 5.29 Å². The highest BCUT2D eigenvalue weighted by molar-refractivity contribution is 5.78. The van der Waals surface area contributed by atoms with Gasteiger partial charge in [-0.3, -0.25) is 0 Å². The fourth-order valence-electron chi connectivity index (χ4n) is 1.44. The number of benzene rings is 1. The second kappa shape index (κ2) is 7.34. The van der Waals surface area contributed by atoms with E-state index in [2.05, 4.69) is 29.4 Å². The molecular weight excluding hydrogens is 202 g/mol. The number of hydrogen-bond acceptors (Lipinski definition) is 3. The van der Waals surface area contributed by atoms with Crippen LogP contribution in [0.3, 0.4) is 0 Å². The van der Waals surface area contributed by atoms with Crippen LogP contribution in [-0.2, 0) is 6.42 Å². The van der Waals surface area contributed by atoms with E-state index < -0.39 is 0 Å². The van der Waals surface area contributed by atoms with Crippen molar-refractivity contribution in [1.29, 1.82) is 0 Å². The molecule has 0 saturated heterocycles. The number of aryl methyl sites for hydroxylation is 1. The molecule has 0 aromatic heterocycles. The van der Waals surface area contributed by atoms with E-state index >= 15 is 0 Å². The average molecular weight is 217 g/mol. The van der Waals surface area contributed by atoms with Crippen molar-refractivity contribution in [2.75, 3.05) is 0 Å². The van der Waals surface area contributed by atoms with Gasteiger partial charge in [-0.2, -0.15) is 10.6 Å². The Morgan fingerprint density at radius 2 is 2.19 bits per heavy atom. The van der Waals surface area contributed by atoms with E-state index in [1.165, 1.54) is 17.3 Å². The predicted molar refractivity (Wildman–Crippen MR) is 66.9 cm³/mol. The Balaban J connectivity index is 2.68. The molecule has 4 nitrogen and oxygen atoms in total. The molecule has 1 rings (SSSR count). The molecule has 1 N–H and O–H groups in total. The van der Waals surface area contributed by atoms with Gasteiger partial charge >= 0.3 is 0 Å². The summed E-state index contributed by atoms with van der Waals surface area (Å²) in [6.07, 6.45) is 7.40. The molecular formula is C12H15N3O. The summed E-state index contributed by atoms with van der Waals surface area (Å²) in [5.41, 5.74) is 4.45. The maximum atomic E-state index is 9.68. The number of allylic oxidation sites excluding steroid dienone is 1. The zero-order chi connectivity index (χ0) is 11.6. The molecule has 1 aromatic carbocycles. The van der Waals surface area contributed by atoms with Gasteiger partial charge in [0.15, 0.2) is 0 Å². The van der Waals surface area contributed by atoms with Crippen LogP contribution in [-0.4, -0.2) is 6.21 Å². The highest BCUT2D eigenvalue weighted by Crippen LogP contribution is 2.12. The highest BCUT2D eigenvalue weighted by Gasteiger charge is 1.95. The standard InChI is InChI=1S/C12H15N3O/c1-2-6-11-7-3-4-8-12(11)9-5-10-13-14-15-16/h3-5,7-10H,2,6H2,1H3,(H,14,16)/b9-5+,13-10+. The van der Waals surface area contributed by atoms with Crippen LogP contribution in [0.1, 0.15) is 24.5 Å². The van der Waals surface area contributed by atoms with Crippen LogP contribution in [0.4, 0.5) is 0 Å². The quantitative estimate of drug-likeness (QED) is 0.452. The summed E-state index contributed by atoms with van der Waals surface area (Å²) >= 11 is 0. The van der Waals surface area contributed by atoms with Crippen LogP contribution in [0.2, 0.25) is 0 Å². The molecule has 0 aliphatic heterocycles. The lowest BCUT2D eigenvalue weighted by molar-refractivity contribution is 0.804. The van der Waals surface area contributed by atoms with E-state index in [0.29, 0.717) is 0 Å². The topological polar surface area (TPSA) is 53.8 Å². The Morgan fingerprint density at radius 3 is 2.94 bits per heavy atom. The number of nitroso groups, excluding NO2 is 1.